The van der Waals surface area contributed by atoms with Crippen LogP contribution in [-0.2, 0) is 23.8 Å². The van der Waals surface area contributed by atoms with Gasteiger partial charge < -0.3 is 14.2 Å². The Morgan fingerprint density at radius 1 is 1.32 bits per heavy atom. The smallest absolute Gasteiger partial charge is 0.330 e. The summed E-state index contributed by atoms with van der Waals surface area (Å²) in [6, 6.07) is 1.05. The highest BCUT2D eigenvalue weighted by atomic mass is 19.1. The van der Waals surface area contributed by atoms with E-state index in [0.29, 0.717) is 12.8 Å². The number of carbonyl (C=O) groups excluding carboxylic acids is 2. The normalized spacial score (nSPS) is 17.4. The van der Waals surface area contributed by atoms with E-state index in [0.717, 1.165) is 16.8 Å². The Morgan fingerprint density at radius 3 is 2.48 bits per heavy atom. The molecule has 25 heavy (non-hydrogen) atoms. The van der Waals surface area contributed by atoms with E-state index in [2.05, 4.69) is 0 Å². The zero-order chi connectivity index (χ0) is 18.6. The second kappa shape index (κ2) is 7.60. The Bertz CT molecular complexity index is 753. The van der Waals surface area contributed by atoms with Crippen LogP contribution in [0.2, 0.25) is 0 Å². The van der Waals surface area contributed by atoms with E-state index in [1.54, 1.807) is 0 Å². The lowest BCUT2D eigenvalue weighted by molar-refractivity contribution is -0.182. The molecule has 2 rings (SSSR count). The number of aromatic amines is 1. The van der Waals surface area contributed by atoms with Crippen LogP contribution in [0.15, 0.2) is 21.9 Å². The topological polar surface area (TPSA) is 117 Å². The van der Waals surface area contributed by atoms with E-state index < -0.39 is 47.8 Å². The van der Waals surface area contributed by atoms with Gasteiger partial charge in [0.2, 0.25) is 0 Å². The molecule has 0 bridgehead atoms. The molecule has 10 heteroatoms. The van der Waals surface area contributed by atoms with E-state index in [9.17, 15) is 23.6 Å². The highest BCUT2D eigenvalue weighted by molar-refractivity contribution is 5.67. The maximum absolute atomic E-state index is 13.5. The number of hydrogen-bond donors (Lipinski definition) is 1. The van der Waals surface area contributed by atoms with E-state index in [1.807, 2.05) is 4.98 Å². The van der Waals surface area contributed by atoms with Crippen LogP contribution < -0.4 is 11.2 Å². The summed E-state index contributed by atoms with van der Waals surface area (Å²) in [7, 11) is 0. The maximum Gasteiger partial charge on any atom is 0.330 e. The van der Waals surface area contributed by atoms with Crippen LogP contribution in [0.1, 0.15) is 32.9 Å². The standard InChI is InChI=1S/C15H19FN2O7/c1-9(19)23-8-11(15(4-5-15)25-10(2)20)24-13(7-16)18-6-3-12(21)17-14(18)22/h3,6,11,13H,4-5,7-8H2,1-2H3,(H,17,21,22)/t11-,13-/m1/s1. The van der Waals surface area contributed by atoms with Gasteiger partial charge in [0.05, 0.1) is 0 Å². The molecule has 1 saturated carbocycles. The average Bonchev–Trinajstić information content (AvgIpc) is 3.28. The third-order valence-electron chi connectivity index (χ3n) is 3.73. The van der Waals surface area contributed by atoms with Gasteiger partial charge in [-0.05, 0) is 12.8 Å². The van der Waals surface area contributed by atoms with Gasteiger partial charge in [0.15, 0.2) is 6.23 Å². The molecule has 1 aromatic heterocycles. The van der Waals surface area contributed by atoms with Gasteiger partial charge in [0, 0.05) is 26.1 Å². The predicted molar refractivity (Wildman–Crippen MR) is 81.6 cm³/mol. The molecule has 1 aliphatic carbocycles. The van der Waals surface area contributed by atoms with E-state index in [1.165, 1.54) is 13.8 Å². The summed E-state index contributed by atoms with van der Waals surface area (Å²) in [5.74, 6) is -1.13. The van der Waals surface area contributed by atoms with Crippen molar-refractivity contribution in [3.63, 3.8) is 0 Å². The third-order valence-corrected chi connectivity index (χ3v) is 3.73. The molecular formula is C15H19FN2O7. The number of H-pyrrole nitrogens is 1. The van der Waals surface area contributed by atoms with Crippen molar-refractivity contribution in [3.05, 3.63) is 33.1 Å². The van der Waals surface area contributed by atoms with Gasteiger partial charge in [0.25, 0.3) is 5.56 Å². The van der Waals surface area contributed by atoms with Crippen LogP contribution in [0.25, 0.3) is 0 Å². The lowest BCUT2D eigenvalue weighted by Crippen LogP contribution is -2.43. The van der Waals surface area contributed by atoms with E-state index in [-0.39, 0.29) is 6.61 Å². The second-order valence-corrected chi connectivity index (χ2v) is 5.71. The van der Waals surface area contributed by atoms with Gasteiger partial charge in [-0.3, -0.25) is 23.9 Å². The fraction of sp³-hybridized carbons (Fsp3) is 0.600. The van der Waals surface area contributed by atoms with Crippen molar-refractivity contribution in [3.8, 4) is 0 Å². The number of carbonyl (C=O) groups is 2. The number of rotatable bonds is 8. The van der Waals surface area contributed by atoms with Crippen LogP contribution in [0.4, 0.5) is 4.39 Å². The van der Waals surface area contributed by atoms with Gasteiger partial charge in [0.1, 0.15) is 25.0 Å². The van der Waals surface area contributed by atoms with Gasteiger partial charge >= 0.3 is 17.6 Å². The Kier molecular flexibility index (Phi) is 5.73. The Balaban J connectivity index is 2.24. The first-order valence-corrected chi connectivity index (χ1v) is 7.63. The Labute approximate surface area is 141 Å². The van der Waals surface area contributed by atoms with Crippen molar-refractivity contribution in [2.75, 3.05) is 13.3 Å². The highest BCUT2D eigenvalue weighted by Crippen LogP contribution is 2.45. The molecule has 0 spiro atoms. The molecule has 1 aliphatic rings. The summed E-state index contributed by atoms with van der Waals surface area (Å²) >= 11 is 0. The molecule has 0 radical (unpaired) electrons. The minimum Gasteiger partial charge on any atom is -0.463 e. The Morgan fingerprint density at radius 2 is 2.00 bits per heavy atom. The van der Waals surface area contributed by atoms with Crippen molar-refractivity contribution < 1.29 is 28.2 Å². The number of hydrogen-bond acceptors (Lipinski definition) is 7. The van der Waals surface area contributed by atoms with E-state index in [4.69, 9.17) is 14.2 Å². The van der Waals surface area contributed by atoms with Gasteiger partial charge in [-0.2, -0.15) is 0 Å². The summed E-state index contributed by atoms with van der Waals surface area (Å²) in [4.78, 5) is 47.3. The molecule has 2 atom stereocenters. The number of ether oxygens (including phenoxy) is 3. The minimum absolute atomic E-state index is 0.267. The molecule has 0 aromatic carbocycles. The van der Waals surface area contributed by atoms with Crippen molar-refractivity contribution in [1.82, 2.24) is 9.55 Å². The summed E-state index contributed by atoms with van der Waals surface area (Å²) in [5, 5.41) is 0. The van der Waals surface area contributed by atoms with Crippen molar-refractivity contribution >= 4 is 11.9 Å². The molecule has 138 valence electrons. The highest BCUT2D eigenvalue weighted by Gasteiger charge is 2.55. The van der Waals surface area contributed by atoms with Gasteiger partial charge in [-0.1, -0.05) is 0 Å². The van der Waals surface area contributed by atoms with Crippen LogP contribution >= 0.6 is 0 Å². The quantitative estimate of drug-likeness (QED) is 0.653. The molecular weight excluding hydrogens is 339 g/mol. The molecule has 1 N–H and O–H groups in total. The van der Waals surface area contributed by atoms with Crippen molar-refractivity contribution in [2.24, 2.45) is 0 Å². The van der Waals surface area contributed by atoms with Crippen LogP contribution in [0.5, 0.6) is 0 Å². The molecule has 0 aliphatic heterocycles. The monoisotopic (exact) mass is 358 g/mol. The molecule has 1 heterocycles. The summed E-state index contributed by atoms with van der Waals surface area (Å²) in [5.41, 5.74) is -2.51. The SMILES string of the molecule is CC(=O)OC[C@@H](O[C@H](CF)n1ccc(=O)[nH]c1=O)C1(OC(C)=O)CC1. The first-order chi connectivity index (χ1) is 11.8. The molecule has 0 saturated heterocycles. The molecule has 1 fully saturated rings. The van der Waals surface area contributed by atoms with Crippen molar-refractivity contribution in [1.29, 1.82) is 0 Å². The van der Waals surface area contributed by atoms with Crippen LogP contribution in [-0.4, -0.2) is 46.5 Å². The zero-order valence-corrected chi connectivity index (χ0v) is 13.8. The Hall–Kier alpha value is -2.49. The molecule has 9 nitrogen and oxygen atoms in total. The first-order valence-electron chi connectivity index (χ1n) is 7.63. The number of aromatic nitrogens is 2. The summed E-state index contributed by atoms with van der Waals surface area (Å²) in [6.07, 6.45) is -0.326. The molecule has 1 aromatic rings. The number of esters is 2. The minimum atomic E-state index is -1.38. The number of nitrogens with zero attached hydrogens (tertiary/aromatic N) is 1. The van der Waals surface area contributed by atoms with E-state index >= 15 is 0 Å². The summed E-state index contributed by atoms with van der Waals surface area (Å²) in [6.45, 7) is 1.07. The number of nitrogens with one attached hydrogen (secondary N) is 1. The number of alkyl halides is 1. The lowest BCUT2D eigenvalue weighted by atomic mass is 10.2. The summed E-state index contributed by atoms with van der Waals surface area (Å²) < 4.78 is 30.1. The lowest BCUT2D eigenvalue weighted by Gasteiger charge is -2.30. The first kappa shape index (κ1) is 18.8. The number of halogens is 1. The fourth-order valence-electron chi connectivity index (χ4n) is 2.43. The fourth-order valence-corrected chi connectivity index (χ4v) is 2.43. The van der Waals surface area contributed by atoms with Crippen molar-refractivity contribution in [2.45, 2.75) is 44.6 Å². The zero-order valence-electron chi connectivity index (χ0n) is 13.8. The second-order valence-electron chi connectivity index (χ2n) is 5.71. The third kappa shape index (κ3) is 4.75. The largest absolute Gasteiger partial charge is 0.463 e. The molecule has 0 amide bonds. The van der Waals surface area contributed by atoms with Crippen LogP contribution in [0, 0.1) is 0 Å². The van der Waals surface area contributed by atoms with Crippen LogP contribution in [0.3, 0.4) is 0 Å². The molecule has 0 unspecified atom stereocenters. The van der Waals surface area contributed by atoms with Gasteiger partial charge in [-0.15, -0.1) is 0 Å². The predicted octanol–water partition coefficient (Wildman–Crippen LogP) is 0.0487. The average molecular weight is 358 g/mol. The van der Waals surface area contributed by atoms with Gasteiger partial charge in [-0.25, -0.2) is 9.18 Å². The maximum atomic E-state index is 13.5.